The molecular formula is C43H27N3O8. The fourth-order valence-electron chi connectivity index (χ4n) is 6.49. The minimum atomic E-state index is -0.425. The van der Waals surface area contributed by atoms with E-state index in [1.54, 1.807) is 84.9 Å². The van der Waals surface area contributed by atoms with E-state index in [0.29, 0.717) is 40.1 Å². The Bertz CT molecular complexity index is 2300. The van der Waals surface area contributed by atoms with Crippen LogP contribution in [0.1, 0.15) is 22.6 Å². The first-order valence-corrected chi connectivity index (χ1v) is 16.8. The molecule has 11 nitrogen and oxygen atoms in total. The van der Waals surface area contributed by atoms with Crippen molar-refractivity contribution in [1.82, 2.24) is 0 Å². The average Bonchev–Trinajstić information content (AvgIpc) is 3.82. The van der Waals surface area contributed by atoms with E-state index < -0.39 is 35.4 Å². The number of nitrogens with zero attached hydrogens (tertiary/aromatic N) is 3. The number of amides is 6. The molecule has 11 heteroatoms. The van der Waals surface area contributed by atoms with Crippen molar-refractivity contribution < 1.29 is 38.2 Å². The lowest BCUT2D eigenvalue weighted by Gasteiger charge is -2.22. The third kappa shape index (κ3) is 6.48. The Labute approximate surface area is 308 Å². The highest BCUT2D eigenvalue weighted by atomic mass is 16.5. The molecule has 3 aliphatic heterocycles. The number of ether oxygens (including phenoxy) is 2. The maximum Gasteiger partial charge on any atom is 0.258 e. The molecule has 0 radical (unpaired) electrons. The van der Waals surface area contributed by atoms with Gasteiger partial charge in [-0.1, -0.05) is 48.5 Å². The van der Waals surface area contributed by atoms with E-state index in [4.69, 9.17) is 9.47 Å². The minimum absolute atomic E-state index is 0.361. The summed E-state index contributed by atoms with van der Waals surface area (Å²) in [5.41, 5.74) is 3.78. The van der Waals surface area contributed by atoms with Crippen molar-refractivity contribution in [3.05, 3.63) is 174 Å². The summed E-state index contributed by atoms with van der Waals surface area (Å²) in [4.78, 5) is 77.2. The van der Waals surface area contributed by atoms with Crippen LogP contribution in [0.25, 0.3) is 0 Å². The van der Waals surface area contributed by atoms with E-state index in [2.05, 4.69) is 0 Å². The summed E-state index contributed by atoms with van der Waals surface area (Å²) in [7, 11) is 0. The van der Waals surface area contributed by atoms with Crippen LogP contribution in [-0.2, 0) is 28.8 Å². The van der Waals surface area contributed by atoms with Crippen molar-refractivity contribution >= 4 is 52.5 Å². The second kappa shape index (κ2) is 13.8. The molecule has 0 saturated heterocycles. The van der Waals surface area contributed by atoms with Crippen LogP contribution in [0.2, 0.25) is 0 Å². The Kier molecular flexibility index (Phi) is 8.56. The van der Waals surface area contributed by atoms with Gasteiger partial charge in [0.2, 0.25) is 0 Å². The van der Waals surface area contributed by atoms with Gasteiger partial charge in [0.25, 0.3) is 35.4 Å². The molecule has 0 aromatic heterocycles. The molecule has 3 aliphatic rings. The molecule has 0 fully saturated rings. The fourth-order valence-corrected chi connectivity index (χ4v) is 6.49. The van der Waals surface area contributed by atoms with Crippen LogP contribution in [-0.4, -0.2) is 35.4 Å². The molecule has 0 spiro atoms. The molecule has 0 unspecified atom stereocenters. The van der Waals surface area contributed by atoms with E-state index in [1.807, 2.05) is 36.4 Å². The van der Waals surface area contributed by atoms with E-state index in [1.165, 1.54) is 36.5 Å². The summed E-state index contributed by atoms with van der Waals surface area (Å²) in [6.45, 7) is 0. The molecule has 0 saturated carbocycles. The molecule has 0 N–H and O–H groups in total. The number of benzene rings is 5. The highest BCUT2D eigenvalue weighted by molar-refractivity contribution is 6.29. The fraction of sp³-hybridized carbons (Fsp3) is 0.0233. The number of carbonyl (C=O) groups excluding carboxylic acids is 6. The van der Waals surface area contributed by atoms with Gasteiger partial charge in [0.05, 0.1) is 17.1 Å². The van der Waals surface area contributed by atoms with Gasteiger partial charge < -0.3 is 9.47 Å². The lowest BCUT2D eigenvalue weighted by Crippen LogP contribution is -2.29. The van der Waals surface area contributed by atoms with Crippen LogP contribution in [0.5, 0.6) is 23.0 Å². The molecule has 5 aromatic rings. The number of anilines is 3. The van der Waals surface area contributed by atoms with Crippen molar-refractivity contribution in [3.63, 3.8) is 0 Å². The topological polar surface area (TPSA) is 131 Å². The maximum absolute atomic E-state index is 12.5. The standard InChI is InChI=1S/C43H27N3O8/c47-37-18-19-38(48)44(37)30-5-1-4-29(24-30)43(27-10-14-33(15-11-27)53-35-8-2-6-31(25-35)45-39(49)20-21-40(45)50)28-12-16-34(17-13-28)54-36-9-3-7-32(26-36)46-41(51)22-23-42(46)52/h1-26,43H. The van der Waals surface area contributed by atoms with Crippen LogP contribution in [0.15, 0.2) is 158 Å². The summed E-state index contributed by atoms with van der Waals surface area (Å²) in [6.07, 6.45) is 7.37. The van der Waals surface area contributed by atoms with Crippen molar-refractivity contribution in [2.75, 3.05) is 14.7 Å². The van der Waals surface area contributed by atoms with Crippen LogP contribution in [0, 0.1) is 0 Å². The smallest absolute Gasteiger partial charge is 0.258 e. The first-order valence-electron chi connectivity index (χ1n) is 16.8. The van der Waals surface area contributed by atoms with Crippen LogP contribution in [0.4, 0.5) is 17.1 Å². The van der Waals surface area contributed by atoms with E-state index >= 15 is 0 Å². The number of carbonyl (C=O) groups is 6. The van der Waals surface area contributed by atoms with Crippen molar-refractivity contribution in [3.8, 4) is 23.0 Å². The predicted molar refractivity (Wildman–Crippen MR) is 198 cm³/mol. The van der Waals surface area contributed by atoms with Crippen molar-refractivity contribution in [2.24, 2.45) is 0 Å². The summed E-state index contributed by atoms with van der Waals surface area (Å²) >= 11 is 0. The summed E-state index contributed by atoms with van der Waals surface area (Å²) < 4.78 is 12.2. The van der Waals surface area contributed by atoms with E-state index in [-0.39, 0.29) is 5.92 Å². The van der Waals surface area contributed by atoms with Gasteiger partial charge in [-0.05, 0) is 77.4 Å². The van der Waals surface area contributed by atoms with Crippen LogP contribution >= 0.6 is 0 Å². The van der Waals surface area contributed by atoms with Gasteiger partial charge in [-0.25, -0.2) is 14.7 Å². The van der Waals surface area contributed by atoms with Gasteiger partial charge in [0.15, 0.2) is 0 Å². The zero-order chi connectivity index (χ0) is 37.3. The molecule has 6 amide bonds. The number of rotatable bonds is 10. The SMILES string of the molecule is O=C1C=CC(=O)N1c1cccc(Oc2ccc(C(c3ccc(Oc4cccc(N5C(=O)C=CC5=O)c4)cc3)c3cccc(N4C(=O)C=CC4=O)c3)cc2)c1. The normalized spacial score (nSPS) is 15.1. The Morgan fingerprint density at radius 3 is 1.04 bits per heavy atom. The van der Waals surface area contributed by atoms with Gasteiger partial charge >= 0.3 is 0 Å². The molecule has 0 bridgehead atoms. The van der Waals surface area contributed by atoms with Gasteiger partial charge in [0, 0.05) is 54.5 Å². The minimum Gasteiger partial charge on any atom is -0.457 e. The first kappa shape index (κ1) is 33.5. The monoisotopic (exact) mass is 713 g/mol. The highest BCUT2D eigenvalue weighted by Crippen LogP contribution is 2.37. The number of hydrogen-bond donors (Lipinski definition) is 0. The van der Waals surface area contributed by atoms with Gasteiger partial charge in [-0.15, -0.1) is 0 Å². The van der Waals surface area contributed by atoms with E-state index in [0.717, 1.165) is 31.4 Å². The lowest BCUT2D eigenvalue weighted by atomic mass is 9.85. The van der Waals surface area contributed by atoms with Crippen molar-refractivity contribution in [2.45, 2.75) is 5.92 Å². The third-order valence-electron chi connectivity index (χ3n) is 8.94. The van der Waals surface area contributed by atoms with Gasteiger partial charge in [-0.3, -0.25) is 28.8 Å². The number of imide groups is 3. The molecule has 5 aromatic carbocycles. The molecule has 54 heavy (non-hydrogen) atoms. The first-order chi connectivity index (χ1) is 26.2. The largest absolute Gasteiger partial charge is 0.457 e. The van der Waals surface area contributed by atoms with Crippen LogP contribution < -0.4 is 24.2 Å². The predicted octanol–water partition coefficient (Wildman–Crippen LogP) is 6.74. The van der Waals surface area contributed by atoms with E-state index in [9.17, 15) is 28.8 Å². The second-order valence-corrected chi connectivity index (χ2v) is 12.4. The Morgan fingerprint density at radius 1 is 0.333 bits per heavy atom. The Hall–Kier alpha value is -7.66. The molecule has 0 atom stereocenters. The molecule has 8 rings (SSSR count). The summed E-state index contributed by atoms with van der Waals surface area (Å²) in [5.74, 6) is -1.02. The number of hydrogen-bond acceptors (Lipinski definition) is 8. The third-order valence-corrected chi connectivity index (χ3v) is 8.94. The zero-order valence-electron chi connectivity index (χ0n) is 28.2. The maximum atomic E-state index is 12.5. The Balaban J connectivity index is 1.08. The van der Waals surface area contributed by atoms with Gasteiger partial charge in [0.1, 0.15) is 23.0 Å². The summed E-state index contributed by atoms with van der Waals surface area (Å²) in [5, 5.41) is 0. The molecule has 0 aliphatic carbocycles. The van der Waals surface area contributed by atoms with Crippen LogP contribution in [0.3, 0.4) is 0 Å². The average molecular weight is 714 g/mol. The van der Waals surface area contributed by atoms with Gasteiger partial charge in [-0.2, -0.15) is 0 Å². The Morgan fingerprint density at radius 2 is 0.667 bits per heavy atom. The highest BCUT2D eigenvalue weighted by Gasteiger charge is 2.28. The van der Waals surface area contributed by atoms with Crippen molar-refractivity contribution in [1.29, 1.82) is 0 Å². The second-order valence-electron chi connectivity index (χ2n) is 12.4. The quantitative estimate of drug-likeness (QED) is 0.115. The summed E-state index contributed by atoms with van der Waals surface area (Å²) in [6, 6.07) is 35.5. The molecule has 262 valence electrons. The molecular weight excluding hydrogens is 686 g/mol. The molecule has 3 heterocycles. The zero-order valence-corrected chi connectivity index (χ0v) is 28.2. The lowest BCUT2D eigenvalue weighted by molar-refractivity contribution is -0.121.